The van der Waals surface area contributed by atoms with Gasteiger partial charge in [-0.05, 0) is 13.3 Å². The minimum absolute atomic E-state index is 0.0440. The van der Waals surface area contributed by atoms with Crippen LogP contribution in [0, 0.1) is 5.92 Å². The molecule has 2 heterocycles. The molecule has 2 aliphatic rings. The summed E-state index contributed by atoms with van der Waals surface area (Å²) in [5.74, 6) is 0.0854. The summed E-state index contributed by atoms with van der Waals surface area (Å²) in [5.41, 5.74) is -0.561. The first-order valence-corrected chi connectivity index (χ1v) is 5.07. The van der Waals surface area contributed by atoms with E-state index in [-0.39, 0.29) is 17.8 Å². The van der Waals surface area contributed by atoms with Gasteiger partial charge in [0, 0.05) is 5.92 Å². The van der Waals surface area contributed by atoms with E-state index in [2.05, 4.69) is 0 Å². The summed E-state index contributed by atoms with van der Waals surface area (Å²) in [5, 5.41) is -0.521. The highest BCUT2D eigenvalue weighted by atomic mass is 35.5. The summed E-state index contributed by atoms with van der Waals surface area (Å²) in [7, 11) is 0. The molecule has 0 radical (unpaired) electrons. The zero-order valence-electron chi connectivity index (χ0n) is 7.79. The summed E-state index contributed by atoms with van der Waals surface area (Å²) in [6.07, 6.45) is 4.64. The lowest BCUT2D eigenvalue weighted by Crippen LogP contribution is -2.51. The minimum Gasteiger partial charge on any atom is -0.361 e. The number of fused-ring (bicyclic) bond motifs is 2. The number of halogens is 1. The third-order valence-electron chi connectivity index (χ3n) is 2.96. The average molecular weight is 201 g/mol. The third-order valence-corrected chi connectivity index (χ3v) is 3.61. The summed E-state index contributed by atoms with van der Waals surface area (Å²) in [4.78, 5) is 11.8. The Morgan fingerprint density at radius 3 is 3.00 bits per heavy atom. The van der Waals surface area contributed by atoms with Crippen molar-refractivity contribution >= 4 is 17.4 Å². The molecule has 13 heavy (non-hydrogen) atoms. The van der Waals surface area contributed by atoms with Crippen LogP contribution in [0.2, 0.25) is 0 Å². The van der Waals surface area contributed by atoms with Gasteiger partial charge in [-0.2, -0.15) is 0 Å². The number of alkyl halides is 1. The standard InChI is InChI=1S/C10H13ClO2/c1-3-6-7-4-5-10(2,13-7)9(11)8(6)12/h4-7,9H,3H2,1-2H3/t6-,7+,9-,10-/m1/s1. The van der Waals surface area contributed by atoms with Crippen LogP contribution in [-0.2, 0) is 9.53 Å². The number of hydrogen-bond donors (Lipinski definition) is 0. The Morgan fingerprint density at radius 1 is 1.69 bits per heavy atom. The van der Waals surface area contributed by atoms with Crippen molar-refractivity contribution in [3.8, 4) is 0 Å². The summed E-state index contributed by atoms with van der Waals surface area (Å²) >= 11 is 6.05. The Labute approximate surface area is 82.9 Å². The van der Waals surface area contributed by atoms with E-state index < -0.39 is 11.0 Å². The predicted molar refractivity (Wildman–Crippen MR) is 50.8 cm³/mol. The number of carbonyl (C=O) groups is 1. The first kappa shape index (κ1) is 9.22. The second kappa shape index (κ2) is 2.82. The molecule has 0 saturated carbocycles. The maximum atomic E-state index is 11.8. The number of ether oxygens (including phenoxy) is 1. The highest BCUT2D eigenvalue weighted by Gasteiger charge is 2.51. The van der Waals surface area contributed by atoms with Crippen LogP contribution >= 0.6 is 11.6 Å². The molecule has 4 atom stereocenters. The van der Waals surface area contributed by atoms with Gasteiger partial charge in [-0.25, -0.2) is 0 Å². The van der Waals surface area contributed by atoms with Crippen molar-refractivity contribution in [3.63, 3.8) is 0 Å². The van der Waals surface area contributed by atoms with E-state index in [9.17, 15) is 4.79 Å². The topological polar surface area (TPSA) is 26.3 Å². The van der Waals surface area contributed by atoms with Crippen molar-refractivity contribution in [1.82, 2.24) is 0 Å². The Hall–Kier alpha value is -0.340. The van der Waals surface area contributed by atoms with Crippen molar-refractivity contribution in [2.24, 2.45) is 5.92 Å². The van der Waals surface area contributed by atoms with E-state index >= 15 is 0 Å². The van der Waals surface area contributed by atoms with Gasteiger partial charge < -0.3 is 4.74 Å². The molecule has 0 N–H and O–H groups in total. The first-order chi connectivity index (χ1) is 6.08. The van der Waals surface area contributed by atoms with E-state index in [1.165, 1.54) is 0 Å². The van der Waals surface area contributed by atoms with Crippen molar-refractivity contribution in [2.75, 3.05) is 0 Å². The number of hydrogen-bond acceptors (Lipinski definition) is 2. The minimum atomic E-state index is -0.561. The molecule has 2 aliphatic heterocycles. The fourth-order valence-electron chi connectivity index (χ4n) is 2.08. The molecule has 0 aliphatic carbocycles. The van der Waals surface area contributed by atoms with E-state index in [0.29, 0.717) is 0 Å². The molecule has 1 saturated heterocycles. The fraction of sp³-hybridized carbons (Fsp3) is 0.700. The monoisotopic (exact) mass is 200 g/mol. The van der Waals surface area contributed by atoms with Crippen LogP contribution in [0.4, 0.5) is 0 Å². The largest absolute Gasteiger partial charge is 0.361 e. The Kier molecular flexibility index (Phi) is 2.00. The first-order valence-electron chi connectivity index (χ1n) is 4.63. The SMILES string of the molecule is CC[C@H]1C(=O)[C@@H](Cl)[C@@]2(C)C=C[C@@H]1O2. The zero-order chi connectivity index (χ0) is 9.64. The van der Waals surface area contributed by atoms with Gasteiger partial charge in [0.05, 0.1) is 6.10 Å². The summed E-state index contributed by atoms with van der Waals surface area (Å²) < 4.78 is 5.71. The van der Waals surface area contributed by atoms with Crippen molar-refractivity contribution in [2.45, 2.75) is 37.4 Å². The van der Waals surface area contributed by atoms with Crippen LogP contribution in [0.5, 0.6) is 0 Å². The second-order valence-corrected chi connectivity index (χ2v) is 4.34. The van der Waals surface area contributed by atoms with Crippen LogP contribution in [-0.4, -0.2) is 22.9 Å². The van der Waals surface area contributed by atoms with Crippen LogP contribution in [0.25, 0.3) is 0 Å². The number of Topliss-reactive ketones (excluding diaryl/α,β-unsaturated/α-hetero) is 1. The molecule has 1 fully saturated rings. The highest BCUT2D eigenvalue weighted by molar-refractivity contribution is 6.33. The normalized spacial score (nSPS) is 48.5. The van der Waals surface area contributed by atoms with Crippen molar-refractivity contribution < 1.29 is 9.53 Å². The molecular weight excluding hydrogens is 188 g/mol. The molecule has 3 heteroatoms. The van der Waals surface area contributed by atoms with Crippen LogP contribution in [0.1, 0.15) is 20.3 Å². The molecule has 0 aromatic carbocycles. The molecule has 2 rings (SSSR count). The van der Waals surface area contributed by atoms with Crippen LogP contribution in [0.3, 0.4) is 0 Å². The van der Waals surface area contributed by atoms with Gasteiger partial charge in [-0.1, -0.05) is 19.1 Å². The molecule has 0 spiro atoms. The number of rotatable bonds is 1. The van der Waals surface area contributed by atoms with Crippen LogP contribution in [0.15, 0.2) is 12.2 Å². The van der Waals surface area contributed by atoms with Gasteiger partial charge in [0.1, 0.15) is 11.0 Å². The molecule has 0 amide bonds. The van der Waals surface area contributed by atoms with Gasteiger partial charge in [0.25, 0.3) is 0 Å². The second-order valence-electron chi connectivity index (χ2n) is 3.91. The predicted octanol–water partition coefficient (Wildman–Crippen LogP) is 1.92. The van der Waals surface area contributed by atoms with Gasteiger partial charge >= 0.3 is 0 Å². The van der Waals surface area contributed by atoms with Crippen molar-refractivity contribution in [1.29, 1.82) is 0 Å². The zero-order valence-corrected chi connectivity index (χ0v) is 8.54. The Morgan fingerprint density at radius 2 is 2.38 bits per heavy atom. The smallest absolute Gasteiger partial charge is 0.159 e. The highest BCUT2D eigenvalue weighted by Crippen LogP contribution is 2.40. The van der Waals surface area contributed by atoms with Gasteiger partial charge in [0.15, 0.2) is 5.78 Å². The molecule has 2 nitrogen and oxygen atoms in total. The van der Waals surface area contributed by atoms with E-state index in [4.69, 9.17) is 16.3 Å². The molecule has 0 unspecified atom stereocenters. The van der Waals surface area contributed by atoms with Gasteiger partial charge in [0.2, 0.25) is 0 Å². The maximum Gasteiger partial charge on any atom is 0.159 e. The molecular formula is C10H13ClO2. The van der Waals surface area contributed by atoms with E-state index in [0.717, 1.165) is 6.42 Å². The third kappa shape index (κ3) is 1.16. The van der Waals surface area contributed by atoms with Gasteiger partial charge in [-0.3, -0.25) is 4.79 Å². The summed E-state index contributed by atoms with van der Waals surface area (Å²) in [6.45, 7) is 3.86. The quantitative estimate of drug-likeness (QED) is 0.478. The number of ketones is 1. The van der Waals surface area contributed by atoms with Gasteiger partial charge in [-0.15, -0.1) is 11.6 Å². The van der Waals surface area contributed by atoms with E-state index in [1.54, 1.807) is 0 Å². The van der Waals surface area contributed by atoms with Crippen molar-refractivity contribution in [3.05, 3.63) is 12.2 Å². The Balaban J connectivity index is 2.33. The lowest BCUT2D eigenvalue weighted by molar-refractivity contribution is -0.144. The molecule has 0 aromatic rings. The maximum absolute atomic E-state index is 11.8. The number of carbonyl (C=O) groups excluding carboxylic acids is 1. The molecule has 72 valence electrons. The van der Waals surface area contributed by atoms with Crippen LogP contribution < -0.4 is 0 Å². The summed E-state index contributed by atoms with van der Waals surface area (Å²) in [6, 6.07) is 0. The fourth-order valence-corrected chi connectivity index (χ4v) is 2.37. The molecule has 0 aromatic heterocycles. The van der Waals surface area contributed by atoms with E-state index in [1.807, 2.05) is 26.0 Å². The lowest BCUT2D eigenvalue weighted by Gasteiger charge is -2.37. The average Bonchev–Trinajstić information content (AvgIpc) is 2.45. The lowest BCUT2D eigenvalue weighted by atomic mass is 9.87. The Bertz CT molecular complexity index is 270. The molecule has 2 bridgehead atoms.